The molecule has 3 N–H and O–H groups in total. The quantitative estimate of drug-likeness (QED) is 0.286. The third kappa shape index (κ3) is 8.54. The highest BCUT2D eigenvalue weighted by Crippen LogP contribution is 2.18. The van der Waals surface area contributed by atoms with Gasteiger partial charge in [0.1, 0.15) is 0 Å². The number of nitrogens with one attached hydrogen (secondary N) is 3. The molecule has 1 rings (SSSR count). The maximum atomic E-state index is 11.4. The summed E-state index contributed by atoms with van der Waals surface area (Å²) in [7, 11) is 1.75. The molecule has 0 aliphatic heterocycles. The largest absolute Gasteiger partial charge is 0.356 e. The highest BCUT2D eigenvalue weighted by atomic mass is 127. The van der Waals surface area contributed by atoms with Crippen LogP contribution in [0.3, 0.4) is 0 Å². The zero-order valence-corrected chi connectivity index (χ0v) is 13.8. The van der Waals surface area contributed by atoms with Gasteiger partial charge in [-0.1, -0.05) is 0 Å². The third-order valence-electron chi connectivity index (χ3n) is 2.46. The zero-order valence-electron chi connectivity index (χ0n) is 11.5. The van der Waals surface area contributed by atoms with Crippen LogP contribution in [0.15, 0.2) is 4.99 Å². The van der Waals surface area contributed by atoms with Gasteiger partial charge in [-0.05, 0) is 33.1 Å². The lowest BCUT2D eigenvalue weighted by atomic mass is 10.3. The fraction of sp³-hybridized carbons (Fsp3) is 0.833. The molecular formula is C12H25IN4O. The summed E-state index contributed by atoms with van der Waals surface area (Å²) in [6, 6.07) is 0.824. The summed E-state index contributed by atoms with van der Waals surface area (Å²) >= 11 is 0. The Labute approximate surface area is 127 Å². The SMILES string of the molecule is CN=C(NCCCC(=O)NC1CC1)NC(C)C.I. The Balaban J connectivity index is 0.00000289. The summed E-state index contributed by atoms with van der Waals surface area (Å²) in [6.07, 6.45) is 3.71. The number of halogens is 1. The van der Waals surface area contributed by atoms with Gasteiger partial charge in [0, 0.05) is 32.1 Å². The average molecular weight is 368 g/mol. The molecular weight excluding hydrogens is 343 g/mol. The molecule has 0 saturated heterocycles. The van der Waals surface area contributed by atoms with Gasteiger partial charge in [-0.15, -0.1) is 24.0 Å². The molecule has 1 aliphatic carbocycles. The normalized spacial score (nSPS) is 15.0. The van der Waals surface area contributed by atoms with Crippen LogP contribution in [0.2, 0.25) is 0 Å². The monoisotopic (exact) mass is 368 g/mol. The Morgan fingerprint density at radius 3 is 2.56 bits per heavy atom. The Morgan fingerprint density at radius 1 is 1.39 bits per heavy atom. The van der Waals surface area contributed by atoms with Gasteiger partial charge in [-0.25, -0.2) is 0 Å². The van der Waals surface area contributed by atoms with Crippen LogP contribution >= 0.6 is 24.0 Å². The first-order chi connectivity index (χ1) is 8.11. The van der Waals surface area contributed by atoms with E-state index in [2.05, 4.69) is 34.8 Å². The fourth-order valence-electron chi connectivity index (χ4n) is 1.45. The number of aliphatic imine (C=N–C) groups is 1. The van der Waals surface area contributed by atoms with Gasteiger partial charge < -0.3 is 16.0 Å². The second-order valence-corrected chi connectivity index (χ2v) is 4.74. The van der Waals surface area contributed by atoms with Crippen molar-refractivity contribution in [3.8, 4) is 0 Å². The smallest absolute Gasteiger partial charge is 0.220 e. The van der Waals surface area contributed by atoms with Crippen molar-refractivity contribution < 1.29 is 4.79 Å². The topological polar surface area (TPSA) is 65.5 Å². The molecule has 0 aromatic heterocycles. The minimum atomic E-state index is 0. The zero-order chi connectivity index (χ0) is 12.7. The van der Waals surface area contributed by atoms with Gasteiger partial charge in [-0.2, -0.15) is 0 Å². The van der Waals surface area contributed by atoms with E-state index < -0.39 is 0 Å². The minimum absolute atomic E-state index is 0. The van der Waals surface area contributed by atoms with E-state index in [0.29, 0.717) is 18.5 Å². The molecule has 0 bridgehead atoms. The summed E-state index contributed by atoms with van der Waals surface area (Å²) in [5, 5.41) is 9.36. The second-order valence-electron chi connectivity index (χ2n) is 4.74. The molecule has 0 aromatic rings. The van der Waals surface area contributed by atoms with Crippen molar-refractivity contribution in [2.45, 2.75) is 51.6 Å². The van der Waals surface area contributed by atoms with Crippen LogP contribution in [0.4, 0.5) is 0 Å². The lowest BCUT2D eigenvalue weighted by Gasteiger charge is -2.14. The van der Waals surface area contributed by atoms with Crippen LogP contribution in [0, 0.1) is 0 Å². The number of amides is 1. The molecule has 0 spiro atoms. The average Bonchev–Trinajstić information content (AvgIpc) is 3.05. The van der Waals surface area contributed by atoms with Gasteiger partial charge in [-0.3, -0.25) is 9.79 Å². The molecule has 1 fully saturated rings. The van der Waals surface area contributed by atoms with Gasteiger partial charge in [0.2, 0.25) is 5.91 Å². The standard InChI is InChI=1S/C12H24N4O.HI/c1-9(2)15-12(13-3)14-8-4-5-11(17)16-10-6-7-10;/h9-10H,4-8H2,1-3H3,(H,16,17)(H2,13,14,15);1H. The highest BCUT2D eigenvalue weighted by molar-refractivity contribution is 14.0. The van der Waals surface area contributed by atoms with Crippen LogP contribution in [0.1, 0.15) is 39.5 Å². The molecule has 18 heavy (non-hydrogen) atoms. The summed E-state index contributed by atoms with van der Waals surface area (Å²) in [4.78, 5) is 15.5. The van der Waals surface area contributed by atoms with E-state index in [9.17, 15) is 4.79 Å². The van der Waals surface area contributed by atoms with Crippen molar-refractivity contribution in [3.05, 3.63) is 0 Å². The van der Waals surface area contributed by atoms with E-state index in [1.54, 1.807) is 7.05 Å². The van der Waals surface area contributed by atoms with Crippen molar-refractivity contribution in [3.63, 3.8) is 0 Å². The summed E-state index contributed by atoms with van der Waals surface area (Å²) < 4.78 is 0. The maximum Gasteiger partial charge on any atom is 0.220 e. The minimum Gasteiger partial charge on any atom is -0.356 e. The lowest BCUT2D eigenvalue weighted by Crippen LogP contribution is -2.41. The molecule has 5 nitrogen and oxygen atoms in total. The van der Waals surface area contributed by atoms with Gasteiger partial charge in [0.25, 0.3) is 0 Å². The summed E-state index contributed by atoms with van der Waals surface area (Å²) in [5.41, 5.74) is 0. The highest BCUT2D eigenvalue weighted by Gasteiger charge is 2.22. The Hall–Kier alpha value is -0.530. The first-order valence-corrected chi connectivity index (χ1v) is 6.38. The molecule has 6 heteroatoms. The van der Waals surface area contributed by atoms with E-state index in [4.69, 9.17) is 0 Å². The van der Waals surface area contributed by atoms with Crippen molar-refractivity contribution in [2.24, 2.45) is 4.99 Å². The fourth-order valence-corrected chi connectivity index (χ4v) is 1.45. The molecule has 1 saturated carbocycles. The van der Waals surface area contributed by atoms with Crippen LogP contribution < -0.4 is 16.0 Å². The van der Waals surface area contributed by atoms with Crippen molar-refractivity contribution in [1.82, 2.24) is 16.0 Å². The van der Waals surface area contributed by atoms with E-state index in [0.717, 1.165) is 31.8 Å². The molecule has 0 atom stereocenters. The predicted octanol–water partition coefficient (Wildman–Crippen LogP) is 1.24. The van der Waals surface area contributed by atoms with E-state index in [-0.39, 0.29) is 29.9 Å². The second kappa shape index (κ2) is 9.41. The van der Waals surface area contributed by atoms with E-state index >= 15 is 0 Å². The van der Waals surface area contributed by atoms with E-state index in [1.807, 2.05) is 0 Å². The number of hydrogen-bond donors (Lipinski definition) is 3. The molecule has 1 aliphatic rings. The molecule has 0 heterocycles. The number of rotatable bonds is 6. The van der Waals surface area contributed by atoms with E-state index in [1.165, 1.54) is 0 Å². The third-order valence-corrected chi connectivity index (χ3v) is 2.46. The molecule has 0 radical (unpaired) electrons. The predicted molar refractivity (Wildman–Crippen MR) is 85.4 cm³/mol. The van der Waals surface area contributed by atoms with Gasteiger partial charge >= 0.3 is 0 Å². The number of guanidine groups is 1. The first kappa shape index (κ1) is 17.5. The number of nitrogens with zero attached hydrogens (tertiary/aromatic N) is 1. The molecule has 0 unspecified atom stereocenters. The summed E-state index contributed by atoms with van der Waals surface area (Å²) in [5.74, 6) is 0.962. The number of carbonyl (C=O) groups is 1. The number of carbonyl (C=O) groups excluding carboxylic acids is 1. The summed E-state index contributed by atoms with van der Waals surface area (Å²) in [6.45, 7) is 4.90. The molecule has 0 aromatic carbocycles. The van der Waals surface area contributed by atoms with Gasteiger partial charge in [0.05, 0.1) is 0 Å². The Morgan fingerprint density at radius 2 is 2.06 bits per heavy atom. The van der Waals surface area contributed by atoms with Crippen molar-refractivity contribution in [2.75, 3.05) is 13.6 Å². The van der Waals surface area contributed by atoms with Crippen molar-refractivity contribution in [1.29, 1.82) is 0 Å². The van der Waals surface area contributed by atoms with Crippen LogP contribution in [-0.4, -0.2) is 37.5 Å². The van der Waals surface area contributed by atoms with Crippen LogP contribution in [-0.2, 0) is 4.79 Å². The molecule has 106 valence electrons. The lowest BCUT2D eigenvalue weighted by molar-refractivity contribution is -0.121. The molecule has 1 amide bonds. The number of hydrogen-bond acceptors (Lipinski definition) is 2. The Bertz CT molecular complexity index is 277. The van der Waals surface area contributed by atoms with Crippen molar-refractivity contribution >= 4 is 35.8 Å². The maximum absolute atomic E-state index is 11.4. The Kier molecular flexibility index (Phi) is 9.13. The van der Waals surface area contributed by atoms with Crippen LogP contribution in [0.25, 0.3) is 0 Å². The van der Waals surface area contributed by atoms with Crippen LogP contribution in [0.5, 0.6) is 0 Å². The first-order valence-electron chi connectivity index (χ1n) is 6.38. The van der Waals surface area contributed by atoms with Gasteiger partial charge in [0.15, 0.2) is 5.96 Å².